The first-order valence-corrected chi connectivity index (χ1v) is 5.47. The van der Waals surface area contributed by atoms with Crippen molar-refractivity contribution in [3.8, 4) is 0 Å². The maximum atomic E-state index is 11.1. The molecule has 1 aromatic heterocycles. The first kappa shape index (κ1) is 14.1. The summed E-state index contributed by atoms with van der Waals surface area (Å²) >= 11 is 0. The SMILES string of the molecule is COCCCNc1ncnc(N(C)C)c1[N+](=O)[O-]. The minimum atomic E-state index is -0.478. The van der Waals surface area contributed by atoms with Crippen LogP contribution in [0, 0.1) is 10.1 Å². The van der Waals surface area contributed by atoms with Gasteiger partial charge in [-0.3, -0.25) is 10.1 Å². The van der Waals surface area contributed by atoms with Crippen molar-refractivity contribution in [2.24, 2.45) is 0 Å². The van der Waals surface area contributed by atoms with Crippen LogP contribution in [0.25, 0.3) is 0 Å². The maximum Gasteiger partial charge on any atom is 0.353 e. The largest absolute Gasteiger partial charge is 0.385 e. The molecule has 0 aliphatic carbocycles. The van der Waals surface area contributed by atoms with Gasteiger partial charge in [0.25, 0.3) is 0 Å². The third-order valence-corrected chi connectivity index (χ3v) is 2.23. The molecule has 1 rings (SSSR count). The van der Waals surface area contributed by atoms with E-state index >= 15 is 0 Å². The Hall–Kier alpha value is -1.96. The molecule has 8 heteroatoms. The summed E-state index contributed by atoms with van der Waals surface area (Å²) in [6, 6.07) is 0. The Morgan fingerprint density at radius 2 is 2.22 bits per heavy atom. The van der Waals surface area contributed by atoms with Gasteiger partial charge in [-0.2, -0.15) is 0 Å². The van der Waals surface area contributed by atoms with E-state index in [0.717, 1.165) is 6.42 Å². The molecule has 1 aromatic rings. The number of anilines is 2. The monoisotopic (exact) mass is 255 g/mol. The van der Waals surface area contributed by atoms with E-state index in [1.165, 1.54) is 6.33 Å². The summed E-state index contributed by atoms with van der Waals surface area (Å²) in [7, 11) is 5.01. The number of nitrogens with one attached hydrogen (secondary N) is 1. The van der Waals surface area contributed by atoms with Gasteiger partial charge in [0.2, 0.25) is 11.6 Å². The molecule has 0 bridgehead atoms. The van der Waals surface area contributed by atoms with Gasteiger partial charge in [-0.1, -0.05) is 0 Å². The molecule has 100 valence electrons. The summed E-state index contributed by atoms with van der Waals surface area (Å²) in [5, 5.41) is 14.0. The van der Waals surface area contributed by atoms with Gasteiger partial charge in [0.1, 0.15) is 6.33 Å². The Morgan fingerprint density at radius 1 is 1.50 bits per heavy atom. The normalized spacial score (nSPS) is 10.2. The van der Waals surface area contributed by atoms with Crippen molar-refractivity contribution < 1.29 is 9.66 Å². The van der Waals surface area contributed by atoms with Crippen molar-refractivity contribution >= 4 is 17.3 Å². The van der Waals surface area contributed by atoms with E-state index in [-0.39, 0.29) is 17.3 Å². The van der Waals surface area contributed by atoms with Crippen molar-refractivity contribution in [2.75, 3.05) is 44.6 Å². The van der Waals surface area contributed by atoms with E-state index in [4.69, 9.17) is 4.74 Å². The van der Waals surface area contributed by atoms with Crippen LogP contribution in [0.1, 0.15) is 6.42 Å². The lowest BCUT2D eigenvalue weighted by molar-refractivity contribution is -0.383. The van der Waals surface area contributed by atoms with Crippen LogP contribution in [0.4, 0.5) is 17.3 Å². The van der Waals surface area contributed by atoms with Crippen LogP contribution in [0.2, 0.25) is 0 Å². The Labute approximate surface area is 105 Å². The van der Waals surface area contributed by atoms with Crippen LogP contribution in [0.15, 0.2) is 6.33 Å². The highest BCUT2D eigenvalue weighted by Crippen LogP contribution is 2.30. The second-order valence-electron chi connectivity index (χ2n) is 3.82. The number of nitro groups is 1. The van der Waals surface area contributed by atoms with E-state index in [9.17, 15) is 10.1 Å². The number of ether oxygens (including phenoxy) is 1. The van der Waals surface area contributed by atoms with Crippen LogP contribution in [-0.2, 0) is 4.74 Å². The van der Waals surface area contributed by atoms with E-state index < -0.39 is 4.92 Å². The summed E-state index contributed by atoms with van der Waals surface area (Å²) in [5.74, 6) is 0.513. The standard InChI is InChI=1S/C10H17N5O3/c1-14(2)10-8(15(16)17)9(12-7-13-10)11-5-4-6-18-3/h7H,4-6H2,1-3H3,(H,11,12,13). The lowest BCUT2D eigenvalue weighted by Crippen LogP contribution is -2.16. The predicted molar refractivity (Wildman–Crippen MR) is 68.0 cm³/mol. The van der Waals surface area contributed by atoms with Crippen LogP contribution in [-0.4, -0.2) is 49.2 Å². The van der Waals surface area contributed by atoms with Crippen molar-refractivity contribution in [1.29, 1.82) is 0 Å². The van der Waals surface area contributed by atoms with E-state index in [0.29, 0.717) is 13.2 Å². The van der Waals surface area contributed by atoms with E-state index in [2.05, 4.69) is 15.3 Å². The molecule has 0 saturated carbocycles. The lowest BCUT2D eigenvalue weighted by atomic mass is 10.4. The zero-order valence-corrected chi connectivity index (χ0v) is 10.7. The lowest BCUT2D eigenvalue weighted by Gasteiger charge is -2.13. The average Bonchev–Trinajstić information content (AvgIpc) is 2.33. The molecule has 0 fully saturated rings. The van der Waals surface area contributed by atoms with Gasteiger partial charge in [0, 0.05) is 34.4 Å². The fraction of sp³-hybridized carbons (Fsp3) is 0.600. The molecule has 0 saturated heterocycles. The molecular weight excluding hydrogens is 238 g/mol. The van der Waals surface area contributed by atoms with Crippen molar-refractivity contribution in [3.63, 3.8) is 0 Å². The highest BCUT2D eigenvalue weighted by atomic mass is 16.6. The quantitative estimate of drug-likeness (QED) is 0.439. The maximum absolute atomic E-state index is 11.1. The molecule has 0 unspecified atom stereocenters. The van der Waals surface area contributed by atoms with Crippen molar-refractivity contribution in [1.82, 2.24) is 9.97 Å². The molecule has 0 atom stereocenters. The Bertz CT molecular complexity index is 410. The number of rotatable bonds is 7. The van der Waals surface area contributed by atoms with E-state index in [1.807, 2.05) is 0 Å². The molecular formula is C10H17N5O3. The smallest absolute Gasteiger partial charge is 0.353 e. The Balaban J connectivity index is 2.89. The van der Waals surface area contributed by atoms with E-state index in [1.54, 1.807) is 26.1 Å². The van der Waals surface area contributed by atoms with Gasteiger partial charge in [0.05, 0.1) is 4.92 Å². The molecule has 0 aliphatic rings. The van der Waals surface area contributed by atoms with Crippen LogP contribution in [0.3, 0.4) is 0 Å². The molecule has 0 radical (unpaired) electrons. The zero-order valence-electron chi connectivity index (χ0n) is 10.7. The average molecular weight is 255 g/mol. The predicted octanol–water partition coefficient (Wildman–Crippen LogP) is 0.899. The number of methoxy groups -OCH3 is 1. The van der Waals surface area contributed by atoms with Gasteiger partial charge < -0.3 is 15.0 Å². The molecule has 1 N–H and O–H groups in total. The Kier molecular flexibility index (Phi) is 5.25. The molecule has 0 aromatic carbocycles. The molecule has 18 heavy (non-hydrogen) atoms. The van der Waals surface area contributed by atoms with Gasteiger partial charge in [-0.15, -0.1) is 0 Å². The fourth-order valence-electron chi connectivity index (χ4n) is 1.42. The summed E-state index contributed by atoms with van der Waals surface area (Å²) < 4.78 is 4.90. The molecule has 0 spiro atoms. The van der Waals surface area contributed by atoms with Gasteiger partial charge in [-0.05, 0) is 6.42 Å². The van der Waals surface area contributed by atoms with Gasteiger partial charge in [-0.25, -0.2) is 9.97 Å². The van der Waals surface area contributed by atoms with Crippen LogP contribution >= 0.6 is 0 Å². The molecule has 0 amide bonds. The number of hydrogen-bond acceptors (Lipinski definition) is 7. The third-order valence-electron chi connectivity index (χ3n) is 2.23. The minimum absolute atomic E-state index is 0.111. The van der Waals surface area contributed by atoms with Crippen molar-refractivity contribution in [3.05, 3.63) is 16.4 Å². The summed E-state index contributed by atoms with van der Waals surface area (Å²) in [5.41, 5.74) is -0.111. The second-order valence-corrected chi connectivity index (χ2v) is 3.82. The third kappa shape index (κ3) is 3.52. The summed E-state index contributed by atoms with van der Waals surface area (Å²) in [6.07, 6.45) is 2.05. The van der Waals surface area contributed by atoms with Crippen LogP contribution < -0.4 is 10.2 Å². The van der Waals surface area contributed by atoms with Crippen molar-refractivity contribution in [2.45, 2.75) is 6.42 Å². The molecule has 8 nitrogen and oxygen atoms in total. The van der Waals surface area contributed by atoms with Gasteiger partial charge >= 0.3 is 5.69 Å². The second kappa shape index (κ2) is 6.70. The first-order valence-electron chi connectivity index (χ1n) is 5.47. The number of aromatic nitrogens is 2. The highest BCUT2D eigenvalue weighted by Gasteiger charge is 2.23. The topological polar surface area (TPSA) is 93.4 Å². The first-order chi connectivity index (χ1) is 8.57. The molecule has 0 aliphatic heterocycles. The highest BCUT2D eigenvalue weighted by molar-refractivity contribution is 5.69. The number of nitrogens with zero attached hydrogens (tertiary/aromatic N) is 4. The molecule has 1 heterocycles. The number of hydrogen-bond donors (Lipinski definition) is 1. The fourth-order valence-corrected chi connectivity index (χ4v) is 1.42. The zero-order chi connectivity index (χ0) is 13.5. The summed E-state index contributed by atoms with van der Waals surface area (Å²) in [4.78, 5) is 20.0. The Morgan fingerprint density at radius 3 is 2.78 bits per heavy atom. The van der Waals surface area contributed by atoms with Crippen LogP contribution in [0.5, 0.6) is 0 Å². The minimum Gasteiger partial charge on any atom is -0.385 e. The summed E-state index contributed by atoms with van der Waals surface area (Å²) in [6.45, 7) is 1.14. The van der Waals surface area contributed by atoms with Gasteiger partial charge in [0.15, 0.2) is 0 Å².